The van der Waals surface area contributed by atoms with Gasteiger partial charge >= 0.3 is 0 Å². The monoisotopic (exact) mass is 221 g/mol. The predicted octanol–water partition coefficient (Wildman–Crippen LogP) is 2.55. The number of benzene rings is 1. The SMILES string of the molecule is COc1ccc(F)cc1-c1ccoc1CN. The van der Waals surface area contributed by atoms with Crippen molar-refractivity contribution in [3.05, 3.63) is 42.1 Å². The molecule has 0 fully saturated rings. The highest BCUT2D eigenvalue weighted by Crippen LogP contribution is 2.33. The van der Waals surface area contributed by atoms with E-state index in [1.165, 1.54) is 18.4 Å². The Morgan fingerprint density at radius 3 is 2.81 bits per heavy atom. The Bertz CT molecular complexity index is 494. The highest BCUT2D eigenvalue weighted by molar-refractivity contribution is 5.72. The summed E-state index contributed by atoms with van der Waals surface area (Å²) in [6.45, 7) is 0.266. The second-order valence-electron chi connectivity index (χ2n) is 3.31. The third-order valence-electron chi connectivity index (χ3n) is 2.38. The molecule has 0 saturated heterocycles. The van der Waals surface area contributed by atoms with E-state index in [1.54, 1.807) is 19.2 Å². The van der Waals surface area contributed by atoms with Crippen LogP contribution in [0.5, 0.6) is 5.75 Å². The maximum Gasteiger partial charge on any atom is 0.127 e. The first-order chi connectivity index (χ1) is 7.76. The van der Waals surface area contributed by atoms with Gasteiger partial charge in [0, 0.05) is 11.1 Å². The lowest BCUT2D eigenvalue weighted by Crippen LogP contribution is -1.97. The molecule has 4 heteroatoms. The van der Waals surface area contributed by atoms with Gasteiger partial charge in [-0.25, -0.2) is 4.39 Å². The predicted molar refractivity (Wildman–Crippen MR) is 58.5 cm³/mol. The van der Waals surface area contributed by atoms with Gasteiger partial charge in [-0.05, 0) is 24.3 Å². The number of halogens is 1. The number of ether oxygens (including phenoxy) is 1. The van der Waals surface area contributed by atoms with Gasteiger partial charge < -0.3 is 14.9 Å². The van der Waals surface area contributed by atoms with Gasteiger partial charge in [0.15, 0.2) is 0 Å². The molecule has 2 N–H and O–H groups in total. The van der Waals surface area contributed by atoms with Crippen LogP contribution in [0.25, 0.3) is 11.1 Å². The smallest absolute Gasteiger partial charge is 0.127 e. The molecule has 0 saturated carbocycles. The maximum atomic E-state index is 13.2. The van der Waals surface area contributed by atoms with Crippen LogP contribution >= 0.6 is 0 Å². The molecule has 16 heavy (non-hydrogen) atoms. The van der Waals surface area contributed by atoms with Crippen molar-refractivity contribution >= 4 is 0 Å². The third kappa shape index (κ3) is 1.79. The summed E-state index contributed by atoms with van der Waals surface area (Å²) < 4.78 is 23.6. The van der Waals surface area contributed by atoms with Gasteiger partial charge in [0.2, 0.25) is 0 Å². The molecular formula is C12H12FNO2. The van der Waals surface area contributed by atoms with Crippen molar-refractivity contribution in [3.63, 3.8) is 0 Å². The summed E-state index contributed by atoms with van der Waals surface area (Å²) in [5, 5.41) is 0. The summed E-state index contributed by atoms with van der Waals surface area (Å²) >= 11 is 0. The summed E-state index contributed by atoms with van der Waals surface area (Å²) in [4.78, 5) is 0. The molecule has 1 aromatic heterocycles. The van der Waals surface area contributed by atoms with E-state index in [2.05, 4.69) is 0 Å². The summed E-state index contributed by atoms with van der Waals surface area (Å²) in [5.41, 5.74) is 6.95. The Morgan fingerprint density at radius 1 is 1.31 bits per heavy atom. The fourth-order valence-corrected chi connectivity index (χ4v) is 1.63. The van der Waals surface area contributed by atoms with E-state index in [0.29, 0.717) is 17.1 Å². The van der Waals surface area contributed by atoms with E-state index in [4.69, 9.17) is 14.9 Å². The highest BCUT2D eigenvalue weighted by Gasteiger charge is 2.12. The molecule has 3 nitrogen and oxygen atoms in total. The molecule has 0 bridgehead atoms. The minimum atomic E-state index is -0.319. The largest absolute Gasteiger partial charge is 0.496 e. The van der Waals surface area contributed by atoms with Crippen LogP contribution in [-0.2, 0) is 6.54 Å². The first-order valence-corrected chi connectivity index (χ1v) is 4.86. The number of nitrogens with two attached hydrogens (primary N) is 1. The van der Waals surface area contributed by atoms with Crippen LogP contribution in [0.1, 0.15) is 5.76 Å². The quantitative estimate of drug-likeness (QED) is 0.866. The van der Waals surface area contributed by atoms with Crippen LogP contribution in [0.4, 0.5) is 4.39 Å². The van der Waals surface area contributed by atoms with Crippen molar-refractivity contribution < 1.29 is 13.5 Å². The summed E-state index contributed by atoms with van der Waals surface area (Å²) in [6.07, 6.45) is 1.53. The highest BCUT2D eigenvalue weighted by atomic mass is 19.1. The minimum Gasteiger partial charge on any atom is -0.496 e. The van der Waals surface area contributed by atoms with E-state index in [0.717, 1.165) is 5.56 Å². The molecule has 0 atom stereocenters. The van der Waals surface area contributed by atoms with Crippen molar-refractivity contribution in [2.45, 2.75) is 6.54 Å². The van der Waals surface area contributed by atoms with E-state index in [1.807, 2.05) is 0 Å². The Labute approximate surface area is 92.6 Å². The summed E-state index contributed by atoms with van der Waals surface area (Å²) in [7, 11) is 1.54. The Hall–Kier alpha value is -1.81. The average Bonchev–Trinajstić information content (AvgIpc) is 2.76. The van der Waals surface area contributed by atoms with E-state index >= 15 is 0 Å². The van der Waals surface area contributed by atoms with Crippen molar-refractivity contribution in [2.75, 3.05) is 7.11 Å². The normalized spacial score (nSPS) is 10.4. The fourth-order valence-electron chi connectivity index (χ4n) is 1.63. The lowest BCUT2D eigenvalue weighted by molar-refractivity contribution is 0.415. The number of methoxy groups -OCH3 is 1. The molecule has 1 aromatic carbocycles. The van der Waals surface area contributed by atoms with Crippen LogP contribution in [-0.4, -0.2) is 7.11 Å². The average molecular weight is 221 g/mol. The zero-order valence-corrected chi connectivity index (χ0v) is 8.87. The van der Waals surface area contributed by atoms with Crippen LogP contribution in [0.15, 0.2) is 34.9 Å². The molecule has 0 radical (unpaired) electrons. The van der Waals surface area contributed by atoms with Gasteiger partial charge in [0.25, 0.3) is 0 Å². The van der Waals surface area contributed by atoms with Crippen molar-refractivity contribution in [1.29, 1.82) is 0 Å². The standard InChI is InChI=1S/C12H12FNO2/c1-15-11-3-2-8(13)6-10(11)9-4-5-16-12(9)7-14/h2-6H,7,14H2,1H3. The molecule has 0 aliphatic carbocycles. The first-order valence-electron chi connectivity index (χ1n) is 4.86. The second kappa shape index (κ2) is 4.37. The fraction of sp³-hybridized carbons (Fsp3) is 0.167. The van der Waals surface area contributed by atoms with Gasteiger partial charge in [-0.15, -0.1) is 0 Å². The molecular weight excluding hydrogens is 209 g/mol. The Kier molecular flexibility index (Phi) is 2.92. The Morgan fingerprint density at radius 2 is 2.12 bits per heavy atom. The lowest BCUT2D eigenvalue weighted by atomic mass is 10.0. The van der Waals surface area contributed by atoms with Crippen molar-refractivity contribution in [2.24, 2.45) is 5.73 Å². The van der Waals surface area contributed by atoms with Crippen LogP contribution in [0, 0.1) is 5.82 Å². The summed E-state index contributed by atoms with van der Waals surface area (Å²) in [5.74, 6) is 0.890. The Balaban J connectivity index is 2.58. The zero-order valence-electron chi connectivity index (χ0n) is 8.87. The molecule has 0 amide bonds. The molecule has 0 aliphatic rings. The van der Waals surface area contributed by atoms with Gasteiger partial charge in [0.1, 0.15) is 17.3 Å². The molecule has 0 aliphatic heterocycles. The van der Waals surface area contributed by atoms with E-state index in [-0.39, 0.29) is 12.4 Å². The molecule has 2 rings (SSSR count). The lowest BCUT2D eigenvalue weighted by Gasteiger charge is -2.08. The van der Waals surface area contributed by atoms with Crippen molar-refractivity contribution in [1.82, 2.24) is 0 Å². The third-order valence-corrected chi connectivity index (χ3v) is 2.38. The molecule has 84 valence electrons. The number of hydrogen-bond donors (Lipinski definition) is 1. The molecule has 0 unspecified atom stereocenters. The topological polar surface area (TPSA) is 48.4 Å². The van der Waals surface area contributed by atoms with Gasteiger partial charge in [0.05, 0.1) is 19.9 Å². The van der Waals surface area contributed by atoms with E-state index in [9.17, 15) is 4.39 Å². The van der Waals surface area contributed by atoms with Crippen LogP contribution in [0.3, 0.4) is 0 Å². The second-order valence-corrected chi connectivity index (χ2v) is 3.31. The van der Waals surface area contributed by atoms with Crippen LogP contribution < -0.4 is 10.5 Å². The maximum absolute atomic E-state index is 13.2. The molecule has 0 spiro atoms. The van der Waals surface area contributed by atoms with E-state index < -0.39 is 0 Å². The number of furan rings is 1. The molecule has 2 aromatic rings. The zero-order chi connectivity index (χ0) is 11.5. The van der Waals surface area contributed by atoms with Gasteiger partial charge in [-0.3, -0.25) is 0 Å². The number of hydrogen-bond acceptors (Lipinski definition) is 3. The number of rotatable bonds is 3. The van der Waals surface area contributed by atoms with Gasteiger partial charge in [-0.1, -0.05) is 0 Å². The summed E-state index contributed by atoms with van der Waals surface area (Å²) in [6, 6.07) is 6.09. The minimum absolute atomic E-state index is 0.266. The molecule has 1 heterocycles. The van der Waals surface area contributed by atoms with Gasteiger partial charge in [-0.2, -0.15) is 0 Å². The first kappa shape index (κ1) is 10.7. The van der Waals surface area contributed by atoms with Crippen molar-refractivity contribution in [3.8, 4) is 16.9 Å². The van der Waals surface area contributed by atoms with Crippen LogP contribution in [0.2, 0.25) is 0 Å².